The maximum Gasteiger partial charge on any atom is 0.314 e. The molecule has 0 aliphatic carbocycles. The van der Waals surface area contributed by atoms with Crippen molar-refractivity contribution in [2.75, 3.05) is 34.3 Å². The molecule has 2 amide bonds. The highest BCUT2D eigenvalue weighted by Crippen LogP contribution is 2.20. The normalized spacial score (nSPS) is 13.1. The minimum Gasteiger partial charge on any atom is -0.497 e. The number of benzene rings is 2. The number of hydrogen-bond acceptors (Lipinski definition) is 4. The first kappa shape index (κ1) is 20.7. The number of nitrogens with one attached hydrogen (secondary N) is 2. The van der Waals surface area contributed by atoms with E-state index < -0.39 is 18.0 Å². The maximum atomic E-state index is 13.2. The number of amides is 2. The number of ether oxygens (including phenoxy) is 1. The quantitative estimate of drug-likeness (QED) is 0.663. The zero-order valence-corrected chi connectivity index (χ0v) is 15.8. The van der Waals surface area contributed by atoms with Crippen LogP contribution in [0, 0.1) is 5.82 Å². The molecule has 0 heterocycles. The van der Waals surface area contributed by atoms with Crippen LogP contribution in [0.1, 0.15) is 23.3 Å². The molecule has 0 fully saturated rings. The molecule has 3 N–H and O–H groups in total. The number of hydrogen-bond donors (Lipinski definition) is 3. The minimum atomic E-state index is -0.974. The largest absolute Gasteiger partial charge is 0.497 e. The summed E-state index contributed by atoms with van der Waals surface area (Å²) in [4.78, 5) is 14.1. The number of rotatable bonds is 8. The van der Waals surface area contributed by atoms with Gasteiger partial charge in [-0.15, -0.1) is 0 Å². The van der Waals surface area contributed by atoms with Gasteiger partial charge < -0.3 is 25.4 Å². The fourth-order valence-electron chi connectivity index (χ4n) is 2.70. The predicted octanol–water partition coefficient (Wildman–Crippen LogP) is 2.47. The summed E-state index contributed by atoms with van der Waals surface area (Å²) in [7, 11) is 5.48. The minimum absolute atomic E-state index is 0.00947. The van der Waals surface area contributed by atoms with Gasteiger partial charge in [-0.3, -0.25) is 0 Å². The molecule has 0 bridgehead atoms. The Morgan fingerprint density at radius 1 is 1.11 bits per heavy atom. The number of halogens is 1. The average molecular weight is 375 g/mol. The standard InChI is InChI=1S/C20H26FN3O3/c1-24(2)18(14-7-9-17(27-3)10-8-14)12-22-20(26)23-13-19(25)15-5-4-6-16(21)11-15/h4-11,18-19,25H,12-13H2,1-3H3,(H2,22,23,26). The van der Waals surface area contributed by atoms with Gasteiger partial charge in [-0.05, 0) is 49.5 Å². The van der Waals surface area contributed by atoms with Gasteiger partial charge in [0.15, 0.2) is 0 Å². The van der Waals surface area contributed by atoms with E-state index in [9.17, 15) is 14.3 Å². The van der Waals surface area contributed by atoms with Crippen LogP contribution in [0.4, 0.5) is 9.18 Å². The second kappa shape index (κ2) is 9.89. The Bertz CT molecular complexity index is 738. The van der Waals surface area contributed by atoms with Crippen molar-refractivity contribution in [2.24, 2.45) is 0 Å². The Hall–Kier alpha value is -2.64. The molecule has 6 nitrogen and oxygen atoms in total. The van der Waals surface area contributed by atoms with Crippen LogP contribution in [0.2, 0.25) is 0 Å². The summed E-state index contributed by atoms with van der Waals surface area (Å²) in [5.74, 6) is 0.345. The van der Waals surface area contributed by atoms with Crippen LogP contribution < -0.4 is 15.4 Å². The molecular formula is C20H26FN3O3. The van der Waals surface area contributed by atoms with Crippen molar-refractivity contribution in [3.8, 4) is 5.75 Å². The van der Waals surface area contributed by atoms with Crippen LogP contribution in [0.15, 0.2) is 48.5 Å². The fraction of sp³-hybridized carbons (Fsp3) is 0.350. The number of methoxy groups -OCH3 is 1. The van der Waals surface area contributed by atoms with Crippen molar-refractivity contribution >= 4 is 6.03 Å². The van der Waals surface area contributed by atoms with Crippen molar-refractivity contribution in [3.05, 3.63) is 65.5 Å². The van der Waals surface area contributed by atoms with Crippen LogP contribution in [0.25, 0.3) is 0 Å². The van der Waals surface area contributed by atoms with Gasteiger partial charge in [0, 0.05) is 13.1 Å². The van der Waals surface area contributed by atoms with E-state index in [4.69, 9.17) is 4.74 Å². The van der Waals surface area contributed by atoms with E-state index in [2.05, 4.69) is 10.6 Å². The molecule has 2 aromatic carbocycles. The summed E-state index contributed by atoms with van der Waals surface area (Å²) in [5, 5.41) is 15.5. The van der Waals surface area contributed by atoms with E-state index in [0.717, 1.165) is 11.3 Å². The Kier molecular flexibility index (Phi) is 7.57. The lowest BCUT2D eigenvalue weighted by molar-refractivity contribution is 0.172. The zero-order valence-electron chi connectivity index (χ0n) is 15.8. The fourth-order valence-corrected chi connectivity index (χ4v) is 2.70. The van der Waals surface area contributed by atoms with Crippen LogP contribution in [0.5, 0.6) is 5.75 Å². The van der Waals surface area contributed by atoms with E-state index in [-0.39, 0.29) is 12.6 Å². The third-order valence-corrected chi connectivity index (χ3v) is 4.27. The third-order valence-electron chi connectivity index (χ3n) is 4.27. The number of urea groups is 1. The van der Waals surface area contributed by atoms with Crippen LogP contribution >= 0.6 is 0 Å². The predicted molar refractivity (Wildman–Crippen MR) is 102 cm³/mol. The molecule has 0 saturated heterocycles. The van der Waals surface area contributed by atoms with E-state index in [1.807, 2.05) is 43.3 Å². The Balaban J connectivity index is 1.86. The molecule has 2 unspecified atom stereocenters. The Morgan fingerprint density at radius 3 is 2.37 bits per heavy atom. The molecule has 146 valence electrons. The van der Waals surface area contributed by atoms with Gasteiger partial charge in [0.1, 0.15) is 11.6 Å². The maximum absolute atomic E-state index is 13.2. The number of aliphatic hydroxyl groups is 1. The van der Waals surface area contributed by atoms with Crippen molar-refractivity contribution in [1.29, 1.82) is 0 Å². The zero-order chi connectivity index (χ0) is 19.8. The first-order chi connectivity index (χ1) is 12.9. The average Bonchev–Trinajstić information content (AvgIpc) is 2.66. The molecule has 0 radical (unpaired) electrons. The Morgan fingerprint density at radius 2 is 1.78 bits per heavy atom. The van der Waals surface area contributed by atoms with Gasteiger partial charge in [-0.2, -0.15) is 0 Å². The van der Waals surface area contributed by atoms with E-state index >= 15 is 0 Å². The smallest absolute Gasteiger partial charge is 0.314 e. The number of nitrogens with zero attached hydrogens (tertiary/aromatic N) is 1. The molecule has 0 aliphatic rings. The summed E-state index contributed by atoms with van der Waals surface area (Å²) >= 11 is 0. The van der Waals surface area contributed by atoms with Crippen LogP contribution in [-0.2, 0) is 0 Å². The second-order valence-electron chi connectivity index (χ2n) is 6.41. The first-order valence-electron chi connectivity index (χ1n) is 8.66. The van der Waals surface area contributed by atoms with E-state index in [1.165, 1.54) is 18.2 Å². The lowest BCUT2D eigenvalue weighted by Crippen LogP contribution is -2.41. The van der Waals surface area contributed by atoms with Gasteiger partial charge in [-0.1, -0.05) is 24.3 Å². The second-order valence-corrected chi connectivity index (χ2v) is 6.41. The van der Waals surface area contributed by atoms with Gasteiger partial charge in [0.25, 0.3) is 0 Å². The van der Waals surface area contributed by atoms with Crippen molar-refractivity contribution in [3.63, 3.8) is 0 Å². The van der Waals surface area contributed by atoms with Crippen LogP contribution in [0.3, 0.4) is 0 Å². The number of aliphatic hydroxyl groups excluding tert-OH is 1. The molecule has 7 heteroatoms. The monoisotopic (exact) mass is 375 g/mol. The van der Waals surface area contributed by atoms with Gasteiger partial charge in [0.05, 0.1) is 19.3 Å². The summed E-state index contributed by atoms with van der Waals surface area (Å²) < 4.78 is 18.4. The molecule has 0 aromatic heterocycles. The lowest BCUT2D eigenvalue weighted by Gasteiger charge is -2.25. The number of carbonyl (C=O) groups is 1. The summed E-state index contributed by atoms with van der Waals surface area (Å²) in [6, 6.07) is 12.9. The summed E-state index contributed by atoms with van der Waals surface area (Å²) in [6.45, 7) is 0.381. The lowest BCUT2D eigenvalue weighted by atomic mass is 10.1. The van der Waals surface area contributed by atoms with Gasteiger partial charge in [0.2, 0.25) is 0 Å². The molecule has 0 spiro atoms. The van der Waals surface area contributed by atoms with Crippen molar-refractivity contribution in [2.45, 2.75) is 12.1 Å². The molecule has 0 aliphatic heterocycles. The van der Waals surface area contributed by atoms with E-state index in [0.29, 0.717) is 12.1 Å². The van der Waals surface area contributed by atoms with Gasteiger partial charge in [-0.25, -0.2) is 9.18 Å². The molecular weight excluding hydrogens is 349 g/mol. The highest BCUT2D eigenvalue weighted by molar-refractivity contribution is 5.73. The van der Waals surface area contributed by atoms with Crippen molar-refractivity contribution < 1.29 is 19.0 Å². The van der Waals surface area contributed by atoms with Gasteiger partial charge >= 0.3 is 6.03 Å². The molecule has 2 atom stereocenters. The highest BCUT2D eigenvalue weighted by Gasteiger charge is 2.16. The first-order valence-corrected chi connectivity index (χ1v) is 8.66. The molecule has 27 heavy (non-hydrogen) atoms. The number of likely N-dealkylation sites (N-methyl/N-ethyl adjacent to an activating group) is 1. The SMILES string of the molecule is COc1ccc(C(CNC(=O)NCC(O)c2cccc(F)c2)N(C)C)cc1. The topological polar surface area (TPSA) is 73.8 Å². The Labute approximate surface area is 159 Å². The van der Waals surface area contributed by atoms with Crippen molar-refractivity contribution in [1.82, 2.24) is 15.5 Å². The number of carbonyl (C=O) groups excluding carboxylic acids is 1. The molecule has 2 rings (SSSR count). The summed E-state index contributed by atoms with van der Waals surface area (Å²) in [6.07, 6.45) is -0.974. The molecule has 2 aromatic rings. The van der Waals surface area contributed by atoms with E-state index in [1.54, 1.807) is 13.2 Å². The molecule has 0 saturated carbocycles. The summed E-state index contributed by atoms with van der Waals surface area (Å²) in [5.41, 5.74) is 1.46. The third kappa shape index (κ3) is 6.23. The van der Waals surface area contributed by atoms with Crippen LogP contribution in [-0.4, -0.2) is 50.3 Å². The highest BCUT2D eigenvalue weighted by atomic mass is 19.1.